The maximum Gasteiger partial charge on any atom is 0.274 e. The van der Waals surface area contributed by atoms with E-state index < -0.39 is 5.54 Å². The fourth-order valence-corrected chi connectivity index (χ4v) is 3.30. The zero-order valence-electron chi connectivity index (χ0n) is 16.9. The van der Waals surface area contributed by atoms with Crippen LogP contribution in [0.4, 0.5) is 0 Å². The van der Waals surface area contributed by atoms with Gasteiger partial charge in [-0.2, -0.15) is 5.10 Å². The number of hydrazone groups is 1. The number of hydrogen-bond acceptors (Lipinski definition) is 5. The summed E-state index contributed by atoms with van der Waals surface area (Å²) in [5.41, 5.74) is 2.78. The van der Waals surface area contributed by atoms with Gasteiger partial charge in [0.15, 0.2) is 11.5 Å². The lowest BCUT2D eigenvalue weighted by atomic mass is 9.94. The second-order valence-corrected chi connectivity index (χ2v) is 7.24. The maximum absolute atomic E-state index is 13.1. The molecule has 6 nitrogen and oxygen atoms in total. The number of hydrogen-bond donors (Lipinski definition) is 0. The number of methoxy groups -OCH3 is 2. The van der Waals surface area contributed by atoms with Crippen LogP contribution < -0.4 is 9.47 Å². The Bertz CT molecular complexity index is 948. The van der Waals surface area contributed by atoms with Crippen LogP contribution in [-0.2, 0) is 0 Å². The van der Waals surface area contributed by atoms with Gasteiger partial charge in [0, 0.05) is 30.8 Å². The van der Waals surface area contributed by atoms with Crippen LogP contribution in [-0.4, -0.2) is 49.6 Å². The molecule has 0 bridgehead atoms. The molecule has 28 heavy (non-hydrogen) atoms. The van der Waals surface area contributed by atoms with E-state index in [1.807, 2.05) is 50.2 Å². The van der Waals surface area contributed by atoms with E-state index in [0.717, 1.165) is 16.8 Å². The van der Waals surface area contributed by atoms with Crippen molar-refractivity contribution in [2.24, 2.45) is 10.1 Å². The van der Waals surface area contributed by atoms with Gasteiger partial charge in [0.1, 0.15) is 0 Å². The Hall–Kier alpha value is -3.15. The van der Waals surface area contributed by atoms with E-state index in [9.17, 15) is 4.79 Å². The summed E-state index contributed by atoms with van der Waals surface area (Å²) in [6.45, 7) is 4.03. The smallest absolute Gasteiger partial charge is 0.274 e. The zero-order chi connectivity index (χ0) is 20.3. The quantitative estimate of drug-likeness (QED) is 0.743. The average molecular weight is 379 g/mol. The van der Waals surface area contributed by atoms with Crippen LogP contribution in [0.3, 0.4) is 0 Å². The number of aliphatic imine (C=N–C) groups is 1. The summed E-state index contributed by atoms with van der Waals surface area (Å²) in [6, 6.07) is 13.1. The van der Waals surface area contributed by atoms with Gasteiger partial charge in [0.25, 0.3) is 5.91 Å². The lowest BCUT2D eigenvalue weighted by Gasteiger charge is -2.28. The van der Waals surface area contributed by atoms with Crippen molar-refractivity contribution in [2.75, 3.05) is 21.3 Å². The summed E-state index contributed by atoms with van der Waals surface area (Å²) in [4.78, 5) is 17.2. The fourth-order valence-electron chi connectivity index (χ4n) is 3.30. The van der Waals surface area contributed by atoms with Gasteiger partial charge in [0.05, 0.1) is 25.5 Å². The Morgan fingerprint density at radius 3 is 2.57 bits per heavy atom. The predicted octanol–water partition coefficient (Wildman–Crippen LogP) is 3.78. The maximum atomic E-state index is 13.1. The second kappa shape index (κ2) is 7.84. The first-order valence-corrected chi connectivity index (χ1v) is 9.06. The number of amides is 1. The molecule has 0 N–H and O–H groups in total. The molecule has 1 amide bonds. The van der Waals surface area contributed by atoms with E-state index >= 15 is 0 Å². The van der Waals surface area contributed by atoms with Gasteiger partial charge in [-0.05, 0) is 49.7 Å². The Balaban J connectivity index is 1.95. The molecule has 0 radical (unpaired) electrons. The van der Waals surface area contributed by atoms with Crippen LogP contribution in [0.15, 0.2) is 52.6 Å². The van der Waals surface area contributed by atoms with Gasteiger partial charge < -0.3 is 9.47 Å². The summed E-state index contributed by atoms with van der Waals surface area (Å²) in [5, 5.41) is 6.24. The predicted molar refractivity (Wildman–Crippen MR) is 111 cm³/mol. The normalized spacial score (nSPS) is 15.6. The molecule has 3 rings (SSSR count). The highest BCUT2D eigenvalue weighted by Crippen LogP contribution is 2.34. The van der Waals surface area contributed by atoms with E-state index in [1.165, 1.54) is 0 Å². The molecular weight excluding hydrogens is 354 g/mol. The highest BCUT2D eigenvalue weighted by Gasteiger charge is 2.39. The third kappa shape index (κ3) is 3.76. The van der Waals surface area contributed by atoms with Crippen molar-refractivity contribution in [1.29, 1.82) is 0 Å². The molecule has 0 fully saturated rings. The summed E-state index contributed by atoms with van der Waals surface area (Å²) in [5.74, 6) is 1.16. The number of nitrogens with zero attached hydrogens (tertiary/aromatic N) is 3. The molecular formula is C22H25N3O3. The molecule has 146 valence electrons. The molecule has 0 aliphatic carbocycles. The first kappa shape index (κ1) is 19.6. The molecule has 0 aromatic heterocycles. The third-order valence-corrected chi connectivity index (χ3v) is 4.72. The van der Waals surface area contributed by atoms with E-state index in [2.05, 4.69) is 10.1 Å². The minimum absolute atomic E-state index is 0.133. The number of ether oxygens (including phenoxy) is 2. The minimum Gasteiger partial charge on any atom is -0.493 e. The molecule has 0 unspecified atom stereocenters. The standard InChI is InChI=1S/C22H25N3O3/c1-22(2)13-18(16-9-10-19(27-4)20(12-16)28-5)24-25(22)21(26)17-8-6-7-15(11-17)14-23-3/h6-12,14H,13H2,1-5H3/b23-14+. The summed E-state index contributed by atoms with van der Waals surface area (Å²) >= 11 is 0. The Labute approximate surface area is 165 Å². The number of carbonyl (C=O) groups excluding carboxylic acids is 1. The van der Waals surface area contributed by atoms with Crippen molar-refractivity contribution in [3.63, 3.8) is 0 Å². The van der Waals surface area contributed by atoms with Crippen molar-refractivity contribution < 1.29 is 14.3 Å². The molecule has 1 aliphatic heterocycles. The largest absolute Gasteiger partial charge is 0.493 e. The molecule has 0 spiro atoms. The van der Waals surface area contributed by atoms with Crippen molar-refractivity contribution in [3.05, 3.63) is 59.2 Å². The minimum atomic E-state index is -0.436. The molecule has 1 heterocycles. The van der Waals surface area contributed by atoms with Gasteiger partial charge >= 0.3 is 0 Å². The molecule has 0 saturated heterocycles. The van der Waals surface area contributed by atoms with Crippen LogP contribution in [0, 0.1) is 0 Å². The van der Waals surface area contributed by atoms with Crippen LogP contribution in [0.5, 0.6) is 11.5 Å². The summed E-state index contributed by atoms with van der Waals surface area (Å²) in [6.07, 6.45) is 2.37. The monoisotopic (exact) mass is 379 g/mol. The second-order valence-electron chi connectivity index (χ2n) is 7.24. The van der Waals surface area contributed by atoms with Gasteiger partial charge in [-0.25, -0.2) is 5.01 Å². The SMILES string of the molecule is C/N=C/c1cccc(C(=O)N2N=C(c3ccc(OC)c(OC)c3)CC2(C)C)c1. The first-order chi connectivity index (χ1) is 13.4. The third-order valence-electron chi connectivity index (χ3n) is 4.72. The van der Waals surface area contributed by atoms with Crippen molar-refractivity contribution >= 4 is 17.8 Å². The van der Waals surface area contributed by atoms with Crippen LogP contribution in [0.25, 0.3) is 0 Å². The highest BCUT2D eigenvalue weighted by atomic mass is 16.5. The van der Waals surface area contributed by atoms with Gasteiger partial charge in [0.2, 0.25) is 0 Å². The molecule has 2 aromatic rings. The zero-order valence-corrected chi connectivity index (χ0v) is 16.9. The Morgan fingerprint density at radius 2 is 1.89 bits per heavy atom. The number of carbonyl (C=O) groups is 1. The average Bonchev–Trinajstić information content (AvgIpc) is 3.02. The van der Waals surface area contributed by atoms with E-state index in [0.29, 0.717) is 23.5 Å². The van der Waals surface area contributed by atoms with Gasteiger partial charge in [-0.1, -0.05) is 12.1 Å². The summed E-state index contributed by atoms with van der Waals surface area (Å²) in [7, 11) is 4.91. The number of benzene rings is 2. The van der Waals surface area contributed by atoms with Crippen molar-refractivity contribution in [2.45, 2.75) is 25.8 Å². The van der Waals surface area contributed by atoms with Crippen LogP contribution in [0.2, 0.25) is 0 Å². The van der Waals surface area contributed by atoms with Crippen LogP contribution in [0.1, 0.15) is 41.8 Å². The van der Waals surface area contributed by atoms with Crippen molar-refractivity contribution in [3.8, 4) is 11.5 Å². The Kier molecular flexibility index (Phi) is 5.49. The van der Waals surface area contributed by atoms with E-state index in [-0.39, 0.29) is 5.91 Å². The molecule has 0 atom stereocenters. The number of rotatable bonds is 5. The fraction of sp³-hybridized carbons (Fsp3) is 0.318. The van der Waals surface area contributed by atoms with Gasteiger partial charge in [-0.15, -0.1) is 0 Å². The molecule has 1 aliphatic rings. The molecule has 0 saturated carbocycles. The lowest BCUT2D eigenvalue weighted by molar-refractivity contribution is 0.0612. The van der Waals surface area contributed by atoms with Gasteiger partial charge in [-0.3, -0.25) is 9.79 Å². The van der Waals surface area contributed by atoms with Crippen LogP contribution >= 0.6 is 0 Å². The molecule has 2 aromatic carbocycles. The lowest BCUT2D eigenvalue weighted by Crippen LogP contribution is -2.40. The Morgan fingerprint density at radius 1 is 1.14 bits per heavy atom. The summed E-state index contributed by atoms with van der Waals surface area (Å²) < 4.78 is 10.7. The van der Waals surface area contributed by atoms with E-state index in [1.54, 1.807) is 38.6 Å². The topological polar surface area (TPSA) is 63.5 Å². The highest BCUT2D eigenvalue weighted by molar-refractivity contribution is 6.06. The van der Waals surface area contributed by atoms with E-state index in [4.69, 9.17) is 9.47 Å². The first-order valence-electron chi connectivity index (χ1n) is 9.06. The van der Waals surface area contributed by atoms with Crippen molar-refractivity contribution in [1.82, 2.24) is 5.01 Å². The molecule has 6 heteroatoms.